The van der Waals surface area contributed by atoms with Crippen LogP contribution >= 0.6 is 0 Å². The normalized spacial score (nSPS) is 11.1. The van der Waals surface area contributed by atoms with Gasteiger partial charge in [-0.3, -0.25) is 4.79 Å². The fraction of sp³-hybridized carbons (Fsp3) is 0.286. The van der Waals surface area contributed by atoms with E-state index in [1.54, 1.807) is 48.2 Å². The zero-order chi connectivity index (χ0) is 18.9. The van der Waals surface area contributed by atoms with E-state index < -0.39 is 6.10 Å². The number of amides is 1. The van der Waals surface area contributed by atoms with Crippen LogP contribution in [0.5, 0.6) is 5.75 Å². The van der Waals surface area contributed by atoms with Crippen LogP contribution in [0.2, 0.25) is 0 Å². The molecular formula is C21H21N3O2. The summed E-state index contributed by atoms with van der Waals surface area (Å²) in [6.45, 7) is 4.84. The van der Waals surface area contributed by atoms with Gasteiger partial charge in [-0.05, 0) is 55.3 Å². The summed E-state index contributed by atoms with van der Waals surface area (Å²) >= 11 is 0. The topological polar surface area (TPSA) is 77.1 Å². The van der Waals surface area contributed by atoms with Crippen molar-refractivity contribution in [1.82, 2.24) is 4.90 Å². The van der Waals surface area contributed by atoms with E-state index in [-0.39, 0.29) is 5.91 Å². The number of benzene rings is 2. The molecule has 0 aliphatic heterocycles. The molecule has 0 aromatic heterocycles. The van der Waals surface area contributed by atoms with Crippen LogP contribution < -0.4 is 4.74 Å². The van der Waals surface area contributed by atoms with E-state index >= 15 is 0 Å². The Hall–Kier alpha value is -3.31. The number of nitriles is 2. The highest BCUT2D eigenvalue weighted by atomic mass is 16.5. The van der Waals surface area contributed by atoms with Crippen molar-refractivity contribution in [3.63, 3.8) is 0 Å². The highest BCUT2D eigenvalue weighted by molar-refractivity contribution is 5.81. The lowest BCUT2D eigenvalue weighted by atomic mass is 10.1. The summed E-state index contributed by atoms with van der Waals surface area (Å²) < 4.78 is 5.73. The SMILES string of the molecule is CCCN(Cc1ccc(C#N)cc1)C(=O)C(C)Oc1ccc(C#N)cc1. The van der Waals surface area contributed by atoms with Gasteiger partial charge < -0.3 is 9.64 Å². The quantitative estimate of drug-likeness (QED) is 0.766. The van der Waals surface area contributed by atoms with Gasteiger partial charge in [-0.15, -0.1) is 0 Å². The molecule has 2 aromatic rings. The van der Waals surface area contributed by atoms with Crippen molar-refractivity contribution in [3.8, 4) is 17.9 Å². The van der Waals surface area contributed by atoms with E-state index in [2.05, 4.69) is 6.07 Å². The molecule has 0 saturated carbocycles. The van der Waals surface area contributed by atoms with Gasteiger partial charge >= 0.3 is 0 Å². The molecule has 2 rings (SSSR count). The number of hydrogen-bond donors (Lipinski definition) is 0. The van der Waals surface area contributed by atoms with Gasteiger partial charge in [0.15, 0.2) is 6.10 Å². The van der Waals surface area contributed by atoms with E-state index in [1.807, 2.05) is 25.1 Å². The minimum Gasteiger partial charge on any atom is -0.481 e. The number of carbonyl (C=O) groups is 1. The van der Waals surface area contributed by atoms with Gasteiger partial charge in [0.1, 0.15) is 5.75 Å². The van der Waals surface area contributed by atoms with Crippen molar-refractivity contribution in [3.05, 3.63) is 65.2 Å². The number of rotatable bonds is 7. The zero-order valence-electron chi connectivity index (χ0n) is 15.0. The van der Waals surface area contributed by atoms with Crippen molar-refractivity contribution in [1.29, 1.82) is 10.5 Å². The second-order valence-corrected chi connectivity index (χ2v) is 5.96. The Labute approximate surface area is 154 Å². The molecule has 26 heavy (non-hydrogen) atoms. The third-order valence-corrected chi connectivity index (χ3v) is 3.91. The summed E-state index contributed by atoms with van der Waals surface area (Å²) in [6, 6.07) is 18.1. The molecule has 1 atom stereocenters. The minimum absolute atomic E-state index is 0.0967. The molecule has 0 bridgehead atoms. The monoisotopic (exact) mass is 347 g/mol. The van der Waals surface area contributed by atoms with Crippen LogP contribution in [-0.2, 0) is 11.3 Å². The summed E-state index contributed by atoms with van der Waals surface area (Å²) in [6.07, 6.45) is 0.207. The molecule has 0 aliphatic carbocycles. The van der Waals surface area contributed by atoms with Gasteiger partial charge in [0.25, 0.3) is 5.91 Å². The molecule has 0 heterocycles. The van der Waals surface area contributed by atoms with Crippen LogP contribution in [-0.4, -0.2) is 23.5 Å². The second kappa shape index (κ2) is 9.25. The van der Waals surface area contributed by atoms with Crippen molar-refractivity contribution in [2.45, 2.75) is 32.9 Å². The fourth-order valence-corrected chi connectivity index (χ4v) is 2.56. The predicted molar refractivity (Wildman–Crippen MR) is 98.1 cm³/mol. The first-order valence-corrected chi connectivity index (χ1v) is 8.52. The highest BCUT2D eigenvalue weighted by Crippen LogP contribution is 2.16. The van der Waals surface area contributed by atoms with Gasteiger partial charge in [0.05, 0.1) is 23.3 Å². The van der Waals surface area contributed by atoms with Crippen LogP contribution in [0.15, 0.2) is 48.5 Å². The molecular weight excluding hydrogens is 326 g/mol. The number of ether oxygens (including phenoxy) is 1. The van der Waals surface area contributed by atoms with Gasteiger partial charge in [0, 0.05) is 13.1 Å². The van der Waals surface area contributed by atoms with E-state index in [4.69, 9.17) is 15.3 Å². The molecule has 0 fully saturated rings. The third kappa shape index (κ3) is 5.09. The Bertz CT molecular complexity index is 814. The summed E-state index contributed by atoms with van der Waals surface area (Å²) in [5.41, 5.74) is 2.11. The molecule has 5 nitrogen and oxygen atoms in total. The first-order valence-electron chi connectivity index (χ1n) is 8.52. The maximum Gasteiger partial charge on any atom is 0.263 e. The molecule has 1 unspecified atom stereocenters. The van der Waals surface area contributed by atoms with Gasteiger partial charge in [-0.25, -0.2) is 0 Å². The third-order valence-electron chi connectivity index (χ3n) is 3.91. The molecule has 132 valence electrons. The molecule has 0 N–H and O–H groups in total. The Kier molecular flexibility index (Phi) is 6.76. The van der Waals surface area contributed by atoms with Crippen LogP contribution in [0, 0.1) is 22.7 Å². The lowest BCUT2D eigenvalue weighted by Gasteiger charge is -2.26. The first kappa shape index (κ1) is 19.0. The predicted octanol–water partition coefficient (Wildman–Crippen LogP) is 3.64. The highest BCUT2D eigenvalue weighted by Gasteiger charge is 2.21. The first-order chi connectivity index (χ1) is 12.6. The van der Waals surface area contributed by atoms with Crippen molar-refractivity contribution in [2.75, 3.05) is 6.54 Å². The van der Waals surface area contributed by atoms with E-state index in [0.717, 1.165) is 12.0 Å². The molecule has 5 heteroatoms. The fourth-order valence-electron chi connectivity index (χ4n) is 2.56. The van der Waals surface area contributed by atoms with Crippen LogP contribution in [0.4, 0.5) is 0 Å². The molecule has 1 amide bonds. The summed E-state index contributed by atoms with van der Waals surface area (Å²) in [4.78, 5) is 14.5. The van der Waals surface area contributed by atoms with Crippen molar-refractivity contribution in [2.24, 2.45) is 0 Å². The van der Waals surface area contributed by atoms with Crippen LogP contribution in [0.1, 0.15) is 37.0 Å². The Morgan fingerprint density at radius 2 is 1.58 bits per heavy atom. The maximum atomic E-state index is 12.8. The molecule has 0 aliphatic rings. The smallest absolute Gasteiger partial charge is 0.263 e. The lowest BCUT2D eigenvalue weighted by molar-refractivity contribution is -0.138. The number of hydrogen-bond acceptors (Lipinski definition) is 4. The van der Waals surface area contributed by atoms with Gasteiger partial charge in [-0.1, -0.05) is 19.1 Å². The average molecular weight is 347 g/mol. The average Bonchev–Trinajstić information content (AvgIpc) is 2.68. The number of nitrogens with zero attached hydrogens (tertiary/aromatic N) is 3. The molecule has 0 saturated heterocycles. The Balaban J connectivity index is 2.05. The number of carbonyl (C=O) groups excluding carboxylic acids is 1. The Morgan fingerprint density at radius 3 is 2.08 bits per heavy atom. The molecule has 0 radical (unpaired) electrons. The molecule has 0 spiro atoms. The van der Waals surface area contributed by atoms with Crippen LogP contribution in [0.25, 0.3) is 0 Å². The Morgan fingerprint density at radius 1 is 1.04 bits per heavy atom. The van der Waals surface area contributed by atoms with E-state index in [0.29, 0.717) is 30.0 Å². The van der Waals surface area contributed by atoms with E-state index in [1.165, 1.54) is 0 Å². The van der Waals surface area contributed by atoms with Gasteiger partial charge in [-0.2, -0.15) is 10.5 Å². The lowest BCUT2D eigenvalue weighted by Crippen LogP contribution is -2.40. The summed E-state index contributed by atoms with van der Waals surface area (Å²) in [7, 11) is 0. The minimum atomic E-state index is -0.632. The van der Waals surface area contributed by atoms with Crippen LogP contribution in [0.3, 0.4) is 0 Å². The molecule has 2 aromatic carbocycles. The van der Waals surface area contributed by atoms with Crippen molar-refractivity contribution < 1.29 is 9.53 Å². The van der Waals surface area contributed by atoms with E-state index in [9.17, 15) is 4.79 Å². The second-order valence-electron chi connectivity index (χ2n) is 5.96. The van der Waals surface area contributed by atoms with Gasteiger partial charge in [0.2, 0.25) is 0 Å². The summed E-state index contributed by atoms with van der Waals surface area (Å²) in [5.74, 6) is 0.459. The maximum absolute atomic E-state index is 12.8. The van der Waals surface area contributed by atoms with Crippen molar-refractivity contribution >= 4 is 5.91 Å². The standard InChI is InChI=1S/C21H21N3O2/c1-3-12-24(15-19-6-4-17(13-22)5-7-19)21(25)16(2)26-20-10-8-18(14-23)9-11-20/h4-11,16H,3,12,15H2,1-2H3. The summed E-state index contributed by atoms with van der Waals surface area (Å²) in [5, 5.41) is 17.7. The zero-order valence-corrected chi connectivity index (χ0v) is 15.0. The largest absolute Gasteiger partial charge is 0.481 e.